The van der Waals surface area contributed by atoms with E-state index in [1.807, 2.05) is 24.3 Å². The van der Waals surface area contributed by atoms with E-state index in [2.05, 4.69) is 33.1 Å². The van der Waals surface area contributed by atoms with Crippen molar-refractivity contribution < 1.29 is 9.90 Å². The third-order valence-corrected chi connectivity index (χ3v) is 4.60. The highest BCUT2D eigenvalue weighted by atomic mass is 79.9. The number of piperidine rings is 1. The summed E-state index contributed by atoms with van der Waals surface area (Å²) in [5.74, 6) is -0.760. The number of halogens is 1. The van der Waals surface area contributed by atoms with Crippen LogP contribution in [0, 0.1) is 0 Å². The number of aliphatic carboxylic acids is 1. The number of carboxylic acid groups (broad SMARTS) is 1. The van der Waals surface area contributed by atoms with Crippen molar-refractivity contribution in [3.05, 3.63) is 28.7 Å². The van der Waals surface area contributed by atoms with Crippen LogP contribution in [-0.4, -0.2) is 41.1 Å². The highest BCUT2D eigenvalue weighted by Crippen LogP contribution is 2.31. The van der Waals surface area contributed by atoms with E-state index in [0.717, 1.165) is 36.2 Å². The molecule has 5 heteroatoms. The molecule has 0 radical (unpaired) electrons. The Balaban J connectivity index is 2.12. The maximum absolute atomic E-state index is 11.8. The van der Waals surface area contributed by atoms with Crippen molar-refractivity contribution in [2.75, 3.05) is 25.0 Å². The molecule has 4 nitrogen and oxygen atoms in total. The van der Waals surface area contributed by atoms with E-state index >= 15 is 0 Å². The number of likely N-dealkylation sites (tertiary alicyclic amines) is 1. The highest BCUT2D eigenvalue weighted by Gasteiger charge is 2.41. The summed E-state index contributed by atoms with van der Waals surface area (Å²) in [5.41, 5.74) is -0.00691. The molecule has 1 heterocycles. The Labute approximate surface area is 128 Å². The fraction of sp³-hybridized carbons (Fsp3) is 0.533. The molecule has 0 unspecified atom stereocenters. The second-order valence-electron chi connectivity index (χ2n) is 5.33. The third-order valence-electron chi connectivity index (χ3n) is 3.91. The van der Waals surface area contributed by atoms with Crippen molar-refractivity contribution >= 4 is 27.6 Å². The van der Waals surface area contributed by atoms with Crippen molar-refractivity contribution in [2.24, 2.45) is 0 Å². The minimum absolute atomic E-state index is 0.629. The number of benzene rings is 1. The molecule has 2 rings (SSSR count). The highest BCUT2D eigenvalue weighted by molar-refractivity contribution is 9.10. The minimum Gasteiger partial charge on any atom is -0.480 e. The smallest absolute Gasteiger partial charge is 0.329 e. The van der Waals surface area contributed by atoms with E-state index in [-0.39, 0.29) is 0 Å². The van der Waals surface area contributed by atoms with Crippen LogP contribution < -0.4 is 5.32 Å². The van der Waals surface area contributed by atoms with Gasteiger partial charge in [-0.05, 0) is 53.9 Å². The zero-order valence-corrected chi connectivity index (χ0v) is 13.3. The van der Waals surface area contributed by atoms with Gasteiger partial charge >= 0.3 is 5.97 Å². The second-order valence-corrected chi connectivity index (χ2v) is 6.19. The Morgan fingerprint density at radius 3 is 2.60 bits per heavy atom. The first-order valence-corrected chi connectivity index (χ1v) is 7.85. The number of carbonyl (C=O) groups is 1. The van der Waals surface area contributed by atoms with Crippen LogP contribution in [0.2, 0.25) is 0 Å². The first-order valence-electron chi connectivity index (χ1n) is 7.06. The fourth-order valence-electron chi connectivity index (χ4n) is 2.69. The van der Waals surface area contributed by atoms with Crippen LogP contribution in [0.1, 0.15) is 26.2 Å². The van der Waals surface area contributed by atoms with Crippen LogP contribution in [0.5, 0.6) is 0 Å². The predicted octanol–water partition coefficient (Wildman–Crippen LogP) is 3.19. The van der Waals surface area contributed by atoms with Gasteiger partial charge in [-0.15, -0.1) is 0 Å². The average Bonchev–Trinajstić information content (AvgIpc) is 2.44. The molecule has 1 aliphatic rings. The van der Waals surface area contributed by atoms with Gasteiger partial charge in [-0.2, -0.15) is 0 Å². The Bertz CT molecular complexity index is 471. The van der Waals surface area contributed by atoms with Gasteiger partial charge in [0.1, 0.15) is 5.54 Å². The molecule has 0 aliphatic carbocycles. The number of hydrogen-bond donors (Lipinski definition) is 2. The third kappa shape index (κ3) is 3.33. The van der Waals surface area contributed by atoms with Crippen molar-refractivity contribution in [3.8, 4) is 0 Å². The molecule has 2 N–H and O–H groups in total. The van der Waals surface area contributed by atoms with Gasteiger partial charge in [-0.3, -0.25) is 0 Å². The molecule has 0 saturated carbocycles. The summed E-state index contributed by atoms with van der Waals surface area (Å²) < 4.78 is 0.900. The van der Waals surface area contributed by atoms with Gasteiger partial charge in [-0.1, -0.05) is 19.1 Å². The lowest BCUT2D eigenvalue weighted by atomic mass is 9.87. The molecule has 110 valence electrons. The summed E-state index contributed by atoms with van der Waals surface area (Å²) in [5, 5.41) is 12.9. The lowest BCUT2D eigenvalue weighted by Crippen LogP contribution is -2.54. The van der Waals surface area contributed by atoms with Gasteiger partial charge < -0.3 is 15.3 Å². The van der Waals surface area contributed by atoms with Crippen LogP contribution in [0.3, 0.4) is 0 Å². The molecule has 0 amide bonds. The second kappa shape index (κ2) is 6.59. The number of para-hydroxylation sites is 1. The summed E-state index contributed by atoms with van der Waals surface area (Å²) in [6.45, 7) is 4.86. The van der Waals surface area contributed by atoms with Crippen molar-refractivity contribution in [1.29, 1.82) is 0 Å². The molecule has 20 heavy (non-hydrogen) atoms. The number of anilines is 1. The molecule has 0 atom stereocenters. The standard InChI is InChI=1S/C15H21BrN2O2/c1-2-9-18-10-7-15(8-11-18,14(19)20)17-13-6-4-3-5-12(13)16/h3-6,17H,2,7-11H2,1H3,(H,19,20). The van der Waals surface area contributed by atoms with Crippen LogP contribution in [0.4, 0.5) is 5.69 Å². The van der Waals surface area contributed by atoms with E-state index in [1.54, 1.807) is 0 Å². The quantitative estimate of drug-likeness (QED) is 0.864. The molecular formula is C15H21BrN2O2. The van der Waals surface area contributed by atoms with E-state index in [4.69, 9.17) is 0 Å². The fourth-order valence-corrected chi connectivity index (χ4v) is 3.07. The Morgan fingerprint density at radius 2 is 2.05 bits per heavy atom. The van der Waals surface area contributed by atoms with Gasteiger partial charge in [0.2, 0.25) is 0 Å². The van der Waals surface area contributed by atoms with Crippen molar-refractivity contribution in [2.45, 2.75) is 31.7 Å². The molecule has 0 bridgehead atoms. The molecule has 0 spiro atoms. The van der Waals surface area contributed by atoms with E-state index < -0.39 is 11.5 Å². The topological polar surface area (TPSA) is 52.6 Å². The number of carboxylic acids is 1. The van der Waals surface area contributed by atoms with E-state index in [0.29, 0.717) is 12.8 Å². The summed E-state index contributed by atoms with van der Waals surface area (Å²) in [4.78, 5) is 14.1. The number of hydrogen-bond acceptors (Lipinski definition) is 3. The number of nitrogens with zero attached hydrogens (tertiary/aromatic N) is 1. The molecule has 1 aromatic carbocycles. The summed E-state index contributed by atoms with van der Waals surface area (Å²) in [6.07, 6.45) is 2.37. The molecule has 1 fully saturated rings. The zero-order chi connectivity index (χ0) is 14.6. The van der Waals surface area contributed by atoms with Gasteiger partial charge in [0, 0.05) is 23.2 Å². The Kier molecular flexibility index (Phi) is 5.05. The lowest BCUT2D eigenvalue weighted by Gasteiger charge is -2.40. The van der Waals surface area contributed by atoms with Crippen molar-refractivity contribution in [3.63, 3.8) is 0 Å². The van der Waals surface area contributed by atoms with Gasteiger partial charge in [0.05, 0.1) is 0 Å². The largest absolute Gasteiger partial charge is 0.480 e. The molecular weight excluding hydrogens is 320 g/mol. The Hall–Kier alpha value is -1.07. The van der Waals surface area contributed by atoms with Gasteiger partial charge in [0.25, 0.3) is 0 Å². The van der Waals surface area contributed by atoms with Gasteiger partial charge in [-0.25, -0.2) is 4.79 Å². The monoisotopic (exact) mass is 340 g/mol. The Morgan fingerprint density at radius 1 is 1.40 bits per heavy atom. The summed E-state index contributed by atoms with van der Waals surface area (Å²) in [6, 6.07) is 7.67. The first-order chi connectivity index (χ1) is 9.57. The normalized spacial score (nSPS) is 18.7. The molecule has 1 saturated heterocycles. The number of nitrogens with one attached hydrogen (secondary N) is 1. The summed E-state index contributed by atoms with van der Waals surface area (Å²) in [7, 11) is 0. The summed E-state index contributed by atoms with van der Waals surface area (Å²) >= 11 is 3.47. The SMILES string of the molecule is CCCN1CCC(Nc2ccccc2Br)(C(=O)O)CC1. The predicted molar refractivity (Wildman–Crippen MR) is 84.1 cm³/mol. The minimum atomic E-state index is -0.853. The van der Waals surface area contributed by atoms with Crippen LogP contribution in [0.15, 0.2) is 28.7 Å². The first kappa shape index (κ1) is 15.3. The molecule has 0 aromatic heterocycles. The average molecular weight is 341 g/mol. The van der Waals surface area contributed by atoms with Crippen LogP contribution >= 0.6 is 15.9 Å². The van der Waals surface area contributed by atoms with Crippen LogP contribution in [-0.2, 0) is 4.79 Å². The van der Waals surface area contributed by atoms with E-state index in [9.17, 15) is 9.90 Å². The molecule has 1 aliphatic heterocycles. The zero-order valence-electron chi connectivity index (χ0n) is 11.7. The lowest BCUT2D eigenvalue weighted by molar-refractivity contribution is -0.144. The maximum Gasteiger partial charge on any atom is 0.329 e. The van der Waals surface area contributed by atoms with Gasteiger partial charge in [0.15, 0.2) is 0 Å². The van der Waals surface area contributed by atoms with Crippen LogP contribution in [0.25, 0.3) is 0 Å². The maximum atomic E-state index is 11.8. The molecule has 1 aromatic rings. The number of rotatable bonds is 5. The van der Waals surface area contributed by atoms with E-state index in [1.165, 1.54) is 0 Å². The van der Waals surface area contributed by atoms with Crippen molar-refractivity contribution in [1.82, 2.24) is 4.90 Å².